The summed E-state index contributed by atoms with van der Waals surface area (Å²) < 4.78 is 0. The van der Waals surface area contributed by atoms with Crippen molar-refractivity contribution in [1.29, 1.82) is 0 Å². The van der Waals surface area contributed by atoms with Crippen LogP contribution in [-0.2, 0) is 4.79 Å². The van der Waals surface area contributed by atoms with Crippen LogP contribution in [0, 0.1) is 5.92 Å². The highest BCUT2D eigenvalue weighted by Gasteiger charge is 2.17. The van der Waals surface area contributed by atoms with E-state index in [1.165, 1.54) is 12.8 Å². The van der Waals surface area contributed by atoms with Crippen LogP contribution < -0.4 is 10.6 Å². The van der Waals surface area contributed by atoms with Crippen molar-refractivity contribution in [1.82, 2.24) is 10.6 Å². The lowest BCUT2D eigenvalue weighted by atomic mass is 10.0. The number of rotatable bonds is 6. The van der Waals surface area contributed by atoms with Crippen molar-refractivity contribution in [2.24, 2.45) is 5.92 Å². The van der Waals surface area contributed by atoms with E-state index in [0.717, 1.165) is 19.3 Å². The van der Waals surface area contributed by atoms with Crippen LogP contribution in [0.4, 0.5) is 0 Å². The molecule has 1 rings (SSSR count). The first-order chi connectivity index (χ1) is 7.63. The quantitative estimate of drug-likeness (QED) is 0.728. The summed E-state index contributed by atoms with van der Waals surface area (Å²) in [6.07, 6.45) is 6.00. The molecule has 0 aromatic rings. The Morgan fingerprint density at radius 3 is 2.50 bits per heavy atom. The zero-order valence-corrected chi connectivity index (χ0v) is 10.9. The van der Waals surface area contributed by atoms with Crippen LogP contribution in [0.15, 0.2) is 0 Å². The molecule has 2 atom stereocenters. The van der Waals surface area contributed by atoms with Crippen LogP contribution in [0.3, 0.4) is 0 Å². The van der Waals surface area contributed by atoms with Gasteiger partial charge in [0.2, 0.25) is 5.91 Å². The first-order valence-electron chi connectivity index (χ1n) is 6.66. The van der Waals surface area contributed by atoms with E-state index in [0.29, 0.717) is 24.5 Å². The Balaban J connectivity index is 2.14. The molecule has 2 unspecified atom stereocenters. The summed E-state index contributed by atoms with van der Waals surface area (Å²) in [6, 6.07) is 0.854. The van der Waals surface area contributed by atoms with Crippen molar-refractivity contribution in [3.63, 3.8) is 0 Å². The third kappa shape index (κ3) is 4.52. The maximum absolute atomic E-state index is 11.6. The maximum atomic E-state index is 11.6. The van der Waals surface area contributed by atoms with Gasteiger partial charge in [0.05, 0.1) is 6.54 Å². The minimum absolute atomic E-state index is 0.155. The van der Waals surface area contributed by atoms with Gasteiger partial charge in [-0.3, -0.25) is 4.79 Å². The normalized spacial score (nSPS) is 20.7. The molecule has 0 saturated heterocycles. The Morgan fingerprint density at radius 1 is 1.31 bits per heavy atom. The molecule has 1 aliphatic carbocycles. The van der Waals surface area contributed by atoms with E-state index in [2.05, 4.69) is 31.4 Å². The number of hydrogen-bond acceptors (Lipinski definition) is 2. The van der Waals surface area contributed by atoms with E-state index >= 15 is 0 Å². The number of hydrogen-bond donors (Lipinski definition) is 2. The minimum atomic E-state index is 0.155. The summed E-state index contributed by atoms with van der Waals surface area (Å²) in [7, 11) is 0. The maximum Gasteiger partial charge on any atom is 0.234 e. The highest BCUT2D eigenvalue weighted by Crippen LogP contribution is 2.17. The molecule has 0 heterocycles. The third-order valence-electron chi connectivity index (χ3n) is 3.80. The van der Waals surface area contributed by atoms with E-state index in [1.807, 2.05) is 0 Å². The number of carbonyl (C=O) groups excluding carboxylic acids is 1. The molecule has 0 bridgehead atoms. The van der Waals surface area contributed by atoms with Crippen LogP contribution in [0.2, 0.25) is 0 Å². The second-order valence-corrected chi connectivity index (χ2v) is 5.10. The monoisotopic (exact) mass is 226 g/mol. The predicted molar refractivity (Wildman–Crippen MR) is 67.3 cm³/mol. The number of amides is 1. The Morgan fingerprint density at radius 2 is 1.94 bits per heavy atom. The molecule has 3 nitrogen and oxygen atoms in total. The Bertz CT molecular complexity index is 212. The molecule has 2 N–H and O–H groups in total. The van der Waals surface area contributed by atoms with Gasteiger partial charge in [0.25, 0.3) is 0 Å². The molecule has 1 amide bonds. The summed E-state index contributed by atoms with van der Waals surface area (Å²) in [5.74, 6) is 0.779. The van der Waals surface area contributed by atoms with Gasteiger partial charge in [0, 0.05) is 12.1 Å². The van der Waals surface area contributed by atoms with Crippen molar-refractivity contribution in [2.45, 2.75) is 65.0 Å². The Hall–Kier alpha value is -0.570. The van der Waals surface area contributed by atoms with Crippen molar-refractivity contribution < 1.29 is 4.79 Å². The average molecular weight is 226 g/mol. The Kier molecular flexibility index (Phi) is 5.81. The summed E-state index contributed by atoms with van der Waals surface area (Å²) >= 11 is 0. The largest absolute Gasteiger partial charge is 0.352 e. The molecule has 16 heavy (non-hydrogen) atoms. The molecule has 1 saturated carbocycles. The second kappa shape index (κ2) is 6.89. The van der Waals surface area contributed by atoms with Gasteiger partial charge in [-0.05, 0) is 25.7 Å². The second-order valence-electron chi connectivity index (χ2n) is 5.10. The molecule has 0 aliphatic heterocycles. The standard InChI is InChI=1S/C13H26N2O/c1-4-10(2)11(3)14-9-13(16)15-12-7-5-6-8-12/h10-12,14H,4-9H2,1-3H3,(H,15,16). The van der Waals surface area contributed by atoms with Gasteiger partial charge in [-0.1, -0.05) is 33.1 Å². The first kappa shape index (κ1) is 13.5. The lowest BCUT2D eigenvalue weighted by molar-refractivity contribution is -0.121. The highest BCUT2D eigenvalue weighted by molar-refractivity contribution is 5.78. The lowest BCUT2D eigenvalue weighted by Gasteiger charge is -2.20. The summed E-state index contributed by atoms with van der Waals surface area (Å²) in [5.41, 5.74) is 0. The van der Waals surface area contributed by atoms with Gasteiger partial charge in [0.1, 0.15) is 0 Å². The minimum Gasteiger partial charge on any atom is -0.352 e. The summed E-state index contributed by atoms with van der Waals surface area (Å²) in [6.45, 7) is 7.01. The third-order valence-corrected chi connectivity index (χ3v) is 3.80. The summed E-state index contributed by atoms with van der Waals surface area (Å²) in [4.78, 5) is 11.6. The van der Waals surface area contributed by atoms with Crippen molar-refractivity contribution in [3.05, 3.63) is 0 Å². The number of carbonyl (C=O) groups is 1. The predicted octanol–water partition coefficient (Wildman–Crippen LogP) is 2.07. The fraction of sp³-hybridized carbons (Fsp3) is 0.923. The molecular formula is C13H26N2O. The fourth-order valence-corrected chi connectivity index (χ4v) is 2.16. The topological polar surface area (TPSA) is 41.1 Å². The molecular weight excluding hydrogens is 200 g/mol. The highest BCUT2D eigenvalue weighted by atomic mass is 16.1. The SMILES string of the molecule is CCC(C)C(C)NCC(=O)NC1CCCC1. The molecule has 1 aliphatic rings. The zero-order valence-electron chi connectivity index (χ0n) is 10.9. The molecule has 94 valence electrons. The van der Waals surface area contributed by atoms with E-state index in [4.69, 9.17) is 0 Å². The summed E-state index contributed by atoms with van der Waals surface area (Å²) in [5, 5.41) is 6.38. The van der Waals surface area contributed by atoms with E-state index in [1.54, 1.807) is 0 Å². The smallest absolute Gasteiger partial charge is 0.234 e. The lowest BCUT2D eigenvalue weighted by Crippen LogP contribution is -2.43. The first-order valence-corrected chi connectivity index (χ1v) is 6.66. The van der Waals surface area contributed by atoms with Crippen molar-refractivity contribution >= 4 is 5.91 Å². The van der Waals surface area contributed by atoms with Gasteiger partial charge in [-0.2, -0.15) is 0 Å². The van der Waals surface area contributed by atoms with Crippen LogP contribution in [0.1, 0.15) is 52.9 Å². The molecule has 0 aromatic carbocycles. The molecule has 0 radical (unpaired) electrons. The van der Waals surface area contributed by atoms with Crippen molar-refractivity contribution in [2.75, 3.05) is 6.54 Å². The van der Waals surface area contributed by atoms with E-state index in [-0.39, 0.29) is 5.91 Å². The van der Waals surface area contributed by atoms with Crippen molar-refractivity contribution in [3.8, 4) is 0 Å². The van der Waals surface area contributed by atoms with Gasteiger partial charge in [0.15, 0.2) is 0 Å². The van der Waals surface area contributed by atoms with Crippen LogP contribution >= 0.6 is 0 Å². The van der Waals surface area contributed by atoms with E-state index in [9.17, 15) is 4.79 Å². The molecule has 3 heteroatoms. The zero-order chi connectivity index (χ0) is 12.0. The molecule has 0 spiro atoms. The van der Waals surface area contributed by atoms with Gasteiger partial charge < -0.3 is 10.6 Å². The van der Waals surface area contributed by atoms with Gasteiger partial charge in [-0.15, -0.1) is 0 Å². The van der Waals surface area contributed by atoms with Crippen LogP contribution in [-0.4, -0.2) is 24.5 Å². The van der Waals surface area contributed by atoms with Gasteiger partial charge >= 0.3 is 0 Å². The van der Waals surface area contributed by atoms with E-state index < -0.39 is 0 Å². The Labute approximate surface area is 99.4 Å². The molecule has 0 aromatic heterocycles. The van der Waals surface area contributed by atoms with Gasteiger partial charge in [-0.25, -0.2) is 0 Å². The molecule has 1 fully saturated rings. The fourth-order valence-electron chi connectivity index (χ4n) is 2.16. The average Bonchev–Trinajstić information content (AvgIpc) is 2.77. The van der Waals surface area contributed by atoms with Crippen LogP contribution in [0.25, 0.3) is 0 Å². The van der Waals surface area contributed by atoms with Crippen LogP contribution in [0.5, 0.6) is 0 Å². The number of nitrogens with one attached hydrogen (secondary N) is 2.